The monoisotopic (exact) mass is 309 g/mol. The molecular weight excluding hydrogens is 286 g/mol. The van der Waals surface area contributed by atoms with Crippen molar-refractivity contribution in [3.8, 4) is 11.5 Å². The van der Waals surface area contributed by atoms with Gasteiger partial charge in [0, 0.05) is 30.3 Å². The molecule has 3 atom stereocenters. The average Bonchev–Trinajstić information content (AvgIpc) is 3.36. The number of ether oxygens (including phenoxy) is 2. The summed E-state index contributed by atoms with van der Waals surface area (Å²) < 4.78 is 23.1. The Morgan fingerprint density at radius 3 is 2.71 bits per heavy atom. The van der Waals surface area contributed by atoms with Crippen LogP contribution in [0.3, 0.4) is 0 Å². The van der Waals surface area contributed by atoms with Crippen molar-refractivity contribution in [3.63, 3.8) is 0 Å². The Kier molecular flexibility index (Phi) is 4.22. The normalized spacial score (nSPS) is 25.5. The summed E-state index contributed by atoms with van der Waals surface area (Å²) >= 11 is 0. The van der Waals surface area contributed by atoms with Crippen LogP contribution < -0.4 is 9.47 Å². The van der Waals surface area contributed by atoms with Crippen molar-refractivity contribution < 1.29 is 13.7 Å². The van der Waals surface area contributed by atoms with Gasteiger partial charge in [-0.2, -0.15) is 0 Å². The lowest BCUT2D eigenvalue weighted by atomic mass is 10.2. The molecule has 0 aromatic heterocycles. The van der Waals surface area contributed by atoms with Crippen LogP contribution in [0, 0.1) is 12.8 Å². The molecule has 0 bridgehead atoms. The number of rotatable bonds is 7. The fourth-order valence-electron chi connectivity index (χ4n) is 2.65. The van der Waals surface area contributed by atoms with Crippen LogP contribution in [0.2, 0.25) is 0 Å². The molecule has 1 aliphatic heterocycles. The first-order valence-corrected chi connectivity index (χ1v) is 9.03. The van der Waals surface area contributed by atoms with E-state index in [0.29, 0.717) is 18.4 Å². The first-order valence-electron chi connectivity index (χ1n) is 7.47. The molecule has 0 radical (unpaired) electrons. The van der Waals surface area contributed by atoms with E-state index in [4.69, 9.17) is 9.47 Å². The van der Waals surface area contributed by atoms with Gasteiger partial charge in [0.15, 0.2) is 11.5 Å². The number of methoxy groups -OCH3 is 1. The highest BCUT2D eigenvalue weighted by atomic mass is 32.2. The number of nitrogens with zero attached hydrogens (tertiary/aromatic N) is 1. The predicted molar refractivity (Wildman–Crippen MR) is 83.6 cm³/mol. The Balaban J connectivity index is 1.63. The molecule has 2 fully saturated rings. The van der Waals surface area contributed by atoms with Gasteiger partial charge in [0.1, 0.15) is 6.61 Å². The highest BCUT2D eigenvalue weighted by Gasteiger charge is 2.38. The smallest absolute Gasteiger partial charge is 0.162 e. The zero-order valence-electron chi connectivity index (χ0n) is 12.9. The molecule has 2 aliphatic rings. The number of hydrogen-bond donors (Lipinski definition) is 0. The van der Waals surface area contributed by atoms with Gasteiger partial charge in [-0.1, -0.05) is 0 Å². The minimum Gasteiger partial charge on any atom is -0.493 e. The number of benzene rings is 1. The topological polar surface area (TPSA) is 38.5 Å². The van der Waals surface area contributed by atoms with Crippen LogP contribution in [0.5, 0.6) is 11.5 Å². The Bertz CT molecular complexity index is 557. The van der Waals surface area contributed by atoms with Crippen LogP contribution in [-0.4, -0.2) is 48.2 Å². The van der Waals surface area contributed by atoms with E-state index in [1.165, 1.54) is 19.4 Å². The summed E-state index contributed by atoms with van der Waals surface area (Å²) in [6, 6.07) is 4.30. The largest absolute Gasteiger partial charge is 0.493 e. The molecule has 4 nitrogen and oxygen atoms in total. The average molecular weight is 309 g/mol. The Hall–Kier alpha value is -1.07. The van der Waals surface area contributed by atoms with E-state index in [1.54, 1.807) is 13.4 Å². The maximum absolute atomic E-state index is 11.8. The zero-order chi connectivity index (χ0) is 15.0. The second kappa shape index (κ2) is 5.97. The van der Waals surface area contributed by atoms with E-state index in [-0.39, 0.29) is 0 Å². The summed E-state index contributed by atoms with van der Waals surface area (Å²) in [4.78, 5) is 3.29. The third-order valence-corrected chi connectivity index (χ3v) is 5.28. The molecule has 116 valence electrons. The highest BCUT2D eigenvalue weighted by Crippen LogP contribution is 2.35. The SMILES string of the molecule is COc1cc(C)c(S(C)=O)cc1OCC1CN1CC1CC1. The van der Waals surface area contributed by atoms with Gasteiger partial charge in [0.25, 0.3) is 0 Å². The molecule has 0 amide bonds. The van der Waals surface area contributed by atoms with E-state index in [9.17, 15) is 4.21 Å². The number of hydrogen-bond acceptors (Lipinski definition) is 4. The van der Waals surface area contributed by atoms with Crippen LogP contribution in [0.25, 0.3) is 0 Å². The van der Waals surface area contributed by atoms with E-state index < -0.39 is 10.8 Å². The fraction of sp³-hybridized carbons (Fsp3) is 0.625. The summed E-state index contributed by atoms with van der Waals surface area (Å²) in [5, 5.41) is 0. The maximum atomic E-state index is 11.8. The molecule has 1 aromatic carbocycles. The Labute approximate surface area is 128 Å². The van der Waals surface area contributed by atoms with Crippen LogP contribution in [0.4, 0.5) is 0 Å². The van der Waals surface area contributed by atoms with Crippen LogP contribution in [-0.2, 0) is 10.8 Å². The molecule has 1 aromatic rings. The lowest BCUT2D eigenvalue weighted by Gasteiger charge is -2.13. The van der Waals surface area contributed by atoms with Gasteiger partial charge in [-0.3, -0.25) is 9.11 Å². The molecule has 21 heavy (non-hydrogen) atoms. The van der Waals surface area contributed by atoms with Gasteiger partial charge in [0.05, 0.1) is 24.0 Å². The Morgan fingerprint density at radius 2 is 2.10 bits per heavy atom. The van der Waals surface area contributed by atoms with Crippen molar-refractivity contribution in [2.75, 3.05) is 33.1 Å². The molecule has 5 heteroatoms. The van der Waals surface area contributed by atoms with Crippen molar-refractivity contribution in [1.29, 1.82) is 0 Å². The van der Waals surface area contributed by atoms with Gasteiger partial charge >= 0.3 is 0 Å². The third kappa shape index (κ3) is 3.58. The molecule has 3 unspecified atom stereocenters. The van der Waals surface area contributed by atoms with Crippen molar-refractivity contribution >= 4 is 10.8 Å². The molecule has 3 rings (SSSR count). The van der Waals surface area contributed by atoms with Crippen LogP contribution in [0.15, 0.2) is 17.0 Å². The summed E-state index contributed by atoms with van der Waals surface area (Å²) in [5.74, 6) is 2.35. The lowest BCUT2D eigenvalue weighted by Crippen LogP contribution is -2.13. The lowest BCUT2D eigenvalue weighted by molar-refractivity contribution is 0.275. The van der Waals surface area contributed by atoms with Gasteiger partial charge in [0.2, 0.25) is 0 Å². The standard InChI is InChI=1S/C16H23NO3S/c1-11-6-14(19-2)15(7-16(11)21(3)18)20-10-13-9-17(13)8-12-4-5-12/h6-7,12-13H,4-5,8-10H2,1-3H3. The van der Waals surface area contributed by atoms with E-state index in [2.05, 4.69) is 4.90 Å². The Morgan fingerprint density at radius 1 is 1.33 bits per heavy atom. The van der Waals surface area contributed by atoms with Crippen molar-refractivity contribution in [1.82, 2.24) is 4.90 Å². The molecular formula is C16H23NO3S. The van der Waals surface area contributed by atoms with Gasteiger partial charge < -0.3 is 9.47 Å². The molecule has 1 saturated heterocycles. The molecule has 1 heterocycles. The summed E-state index contributed by atoms with van der Waals surface area (Å²) in [6.07, 6.45) is 4.47. The van der Waals surface area contributed by atoms with Gasteiger partial charge in [-0.15, -0.1) is 0 Å². The van der Waals surface area contributed by atoms with E-state index >= 15 is 0 Å². The first-order chi connectivity index (χ1) is 10.1. The maximum Gasteiger partial charge on any atom is 0.162 e. The summed E-state index contributed by atoms with van der Waals surface area (Å²) in [6.45, 7) is 4.99. The van der Waals surface area contributed by atoms with Crippen LogP contribution in [0.1, 0.15) is 18.4 Å². The number of aryl methyl sites for hydroxylation is 1. The first kappa shape index (κ1) is 14.9. The molecule has 1 saturated carbocycles. The molecule has 0 N–H and O–H groups in total. The summed E-state index contributed by atoms with van der Waals surface area (Å²) in [5.41, 5.74) is 0.974. The fourth-order valence-corrected chi connectivity index (χ4v) is 3.43. The van der Waals surface area contributed by atoms with Gasteiger partial charge in [-0.25, -0.2) is 0 Å². The van der Waals surface area contributed by atoms with Crippen LogP contribution >= 0.6 is 0 Å². The predicted octanol–water partition coefficient (Wildman–Crippen LogP) is 2.21. The minimum absolute atomic E-state index is 0.534. The summed E-state index contributed by atoms with van der Waals surface area (Å²) in [7, 11) is 0.627. The molecule has 0 spiro atoms. The van der Waals surface area contributed by atoms with Crippen molar-refractivity contribution in [3.05, 3.63) is 17.7 Å². The molecule has 1 aliphatic carbocycles. The second-order valence-electron chi connectivity index (χ2n) is 6.08. The minimum atomic E-state index is -1.01. The zero-order valence-corrected chi connectivity index (χ0v) is 13.7. The third-order valence-electron chi connectivity index (χ3n) is 4.22. The van der Waals surface area contributed by atoms with Crippen molar-refractivity contribution in [2.45, 2.75) is 30.7 Å². The second-order valence-corrected chi connectivity index (χ2v) is 7.43. The quantitative estimate of drug-likeness (QED) is 0.724. The highest BCUT2D eigenvalue weighted by molar-refractivity contribution is 7.84. The van der Waals surface area contributed by atoms with E-state index in [0.717, 1.165) is 28.7 Å². The van der Waals surface area contributed by atoms with E-state index in [1.807, 2.05) is 19.1 Å². The van der Waals surface area contributed by atoms with Gasteiger partial charge in [-0.05, 0) is 37.3 Å². The van der Waals surface area contributed by atoms with Crippen molar-refractivity contribution in [2.24, 2.45) is 5.92 Å².